The van der Waals surface area contributed by atoms with Gasteiger partial charge in [-0.2, -0.15) is 0 Å². The van der Waals surface area contributed by atoms with Crippen molar-refractivity contribution in [1.82, 2.24) is 0 Å². The molecule has 0 bridgehead atoms. The van der Waals surface area contributed by atoms with Crippen LogP contribution in [0, 0.1) is 0 Å². The Morgan fingerprint density at radius 3 is 2.15 bits per heavy atom. The molecule has 1 unspecified atom stereocenters. The summed E-state index contributed by atoms with van der Waals surface area (Å²) >= 11 is 15.1. The summed E-state index contributed by atoms with van der Waals surface area (Å²) in [6, 6.07) is 0. The van der Waals surface area contributed by atoms with Crippen molar-refractivity contribution < 1.29 is 5.11 Å². The van der Waals surface area contributed by atoms with Gasteiger partial charge in [-0.05, 0) is 12.5 Å². The average Bonchev–Trinajstić information content (AvgIpc) is 3.09. The van der Waals surface area contributed by atoms with Gasteiger partial charge in [0.05, 0.1) is 32.0 Å². The molecule has 9 heteroatoms. The summed E-state index contributed by atoms with van der Waals surface area (Å²) in [5.41, 5.74) is 0. The van der Waals surface area contributed by atoms with Gasteiger partial charge in [-0.1, -0.05) is 47.0 Å². The van der Waals surface area contributed by atoms with E-state index in [1.165, 1.54) is 25.4 Å². The summed E-state index contributed by atoms with van der Waals surface area (Å²) < 4.78 is 8.58. The van der Waals surface area contributed by atoms with E-state index in [9.17, 15) is 5.11 Å². The first-order valence-electron chi connectivity index (χ1n) is 5.67. The molecule has 0 saturated heterocycles. The highest BCUT2D eigenvalue weighted by Gasteiger charge is 2.33. The van der Waals surface area contributed by atoms with Crippen molar-refractivity contribution in [3.05, 3.63) is 25.4 Å². The summed E-state index contributed by atoms with van der Waals surface area (Å²) in [6.07, 6.45) is 4.31. The van der Waals surface area contributed by atoms with Crippen LogP contribution in [0.15, 0.2) is 25.4 Å². The average molecular weight is 417 g/mol. The molecule has 3 aliphatic heterocycles. The smallest absolute Gasteiger partial charge is 0.0717 e. The van der Waals surface area contributed by atoms with Crippen molar-refractivity contribution in [1.29, 1.82) is 0 Å². The molecule has 0 aromatic rings. The summed E-state index contributed by atoms with van der Waals surface area (Å²) in [5, 5.41) is 9.68. The zero-order chi connectivity index (χ0) is 14.1. The predicted molar refractivity (Wildman–Crippen MR) is 109 cm³/mol. The topological polar surface area (TPSA) is 20.2 Å². The van der Waals surface area contributed by atoms with E-state index in [-0.39, 0.29) is 6.61 Å². The highest BCUT2D eigenvalue weighted by atomic mass is 32.3. The molecule has 3 heterocycles. The number of aliphatic hydroxyl groups excluding tert-OH is 1. The molecule has 0 fully saturated rings. The maximum absolute atomic E-state index is 9.32. The lowest BCUT2D eigenvalue weighted by Gasteiger charge is -2.18. The second kappa shape index (κ2) is 7.70. The van der Waals surface area contributed by atoms with Gasteiger partial charge in [-0.15, -0.1) is 47.0 Å². The molecule has 0 aromatic carbocycles. The van der Waals surface area contributed by atoms with E-state index in [0.717, 1.165) is 5.75 Å². The molecule has 3 aliphatic rings. The lowest BCUT2D eigenvalue weighted by atomic mass is 10.5. The highest BCUT2D eigenvalue weighted by Crippen LogP contribution is 2.67. The van der Waals surface area contributed by atoms with E-state index < -0.39 is 0 Å². The van der Waals surface area contributed by atoms with Crippen LogP contribution in [0.25, 0.3) is 0 Å². The molecule has 0 amide bonds. The molecular weight excluding hydrogens is 405 g/mol. The molecule has 1 N–H and O–H groups in total. The van der Waals surface area contributed by atoms with Crippen LogP contribution in [0.3, 0.4) is 0 Å². The SMILES string of the molecule is CSC1=C(SC)SC(=C2SC3=C(S2)SC(CO)CS3)S1. The largest absolute Gasteiger partial charge is 0.395 e. The Bertz CT molecular complexity index is 491. The molecule has 0 radical (unpaired) electrons. The molecule has 0 aliphatic carbocycles. The zero-order valence-electron chi connectivity index (χ0n) is 10.7. The molecule has 0 aromatic heterocycles. The molecule has 110 valence electrons. The minimum atomic E-state index is 0.282. The van der Waals surface area contributed by atoms with Gasteiger partial charge in [0.15, 0.2) is 0 Å². The fraction of sp³-hybridized carbons (Fsp3) is 0.455. The van der Waals surface area contributed by atoms with E-state index in [2.05, 4.69) is 12.5 Å². The molecule has 1 atom stereocenters. The van der Waals surface area contributed by atoms with Gasteiger partial charge in [-0.25, -0.2) is 0 Å². The zero-order valence-corrected chi connectivity index (χ0v) is 17.2. The van der Waals surface area contributed by atoms with E-state index in [1.54, 1.807) is 0 Å². The van der Waals surface area contributed by atoms with E-state index in [1.807, 2.05) is 94.1 Å². The standard InChI is InChI=1S/C11H12OS8/c1-13-6-7(14-2)18-10(17-6)11-19-8-9(20-11)16-5(3-12)4-15-8/h5,12H,3-4H2,1-2H3. The van der Waals surface area contributed by atoms with Gasteiger partial charge in [0.25, 0.3) is 0 Å². The second-order valence-corrected chi connectivity index (χ2v) is 13.4. The van der Waals surface area contributed by atoms with E-state index in [4.69, 9.17) is 0 Å². The van der Waals surface area contributed by atoms with Crippen LogP contribution < -0.4 is 0 Å². The number of thioether (sulfide) groups is 8. The van der Waals surface area contributed by atoms with Crippen molar-refractivity contribution >= 4 is 94.1 Å². The van der Waals surface area contributed by atoms with Gasteiger partial charge < -0.3 is 5.11 Å². The third-order valence-electron chi connectivity index (χ3n) is 2.49. The Kier molecular flexibility index (Phi) is 6.48. The molecule has 3 rings (SSSR count). The highest BCUT2D eigenvalue weighted by molar-refractivity contribution is 8.45. The number of hydrogen-bond donors (Lipinski definition) is 1. The Labute approximate surface area is 153 Å². The minimum Gasteiger partial charge on any atom is -0.395 e. The fourth-order valence-corrected chi connectivity index (χ4v) is 13.1. The number of hydrogen-bond acceptors (Lipinski definition) is 9. The van der Waals surface area contributed by atoms with Crippen LogP contribution >= 0.6 is 94.1 Å². The summed E-state index contributed by atoms with van der Waals surface area (Å²) in [5.74, 6) is 1.03. The van der Waals surface area contributed by atoms with Crippen molar-refractivity contribution in [2.45, 2.75) is 5.25 Å². The molecular formula is C11H12OS8. The molecule has 20 heavy (non-hydrogen) atoms. The van der Waals surface area contributed by atoms with Crippen LogP contribution in [0.5, 0.6) is 0 Å². The van der Waals surface area contributed by atoms with Crippen LogP contribution in [-0.4, -0.2) is 35.2 Å². The maximum atomic E-state index is 9.32. The third-order valence-corrected chi connectivity index (χ3v) is 14.3. The quantitative estimate of drug-likeness (QED) is 0.602. The summed E-state index contributed by atoms with van der Waals surface area (Å²) in [6.45, 7) is 0.282. The summed E-state index contributed by atoms with van der Waals surface area (Å²) in [7, 11) is 0. The van der Waals surface area contributed by atoms with Gasteiger partial charge in [0, 0.05) is 11.0 Å². The third kappa shape index (κ3) is 3.56. The van der Waals surface area contributed by atoms with Crippen molar-refractivity contribution in [2.24, 2.45) is 0 Å². The van der Waals surface area contributed by atoms with E-state index in [0.29, 0.717) is 5.25 Å². The number of rotatable bonds is 3. The molecule has 0 saturated carbocycles. The Balaban J connectivity index is 1.72. The lowest BCUT2D eigenvalue weighted by molar-refractivity contribution is 0.301. The van der Waals surface area contributed by atoms with Crippen LogP contribution in [0.1, 0.15) is 0 Å². The van der Waals surface area contributed by atoms with Gasteiger partial charge >= 0.3 is 0 Å². The lowest BCUT2D eigenvalue weighted by Crippen LogP contribution is -2.13. The molecule has 1 nitrogen and oxygen atoms in total. The Hall–Kier alpha value is 1.98. The van der Waals surface area contributed by atoms with Crippen molar-refractivity contribution in [2.75, 3.05) is 24.9 Å². The van der Waals surface area contributed by atoms with Gasteiger partial charge in [0.2, 0.25) is 0 Å². The van der Waals surface area contributed by atoms with Gasteiger partial charge in [0.1, 0.15) is 0 Å². The second-order valence-electron chi connectivity index (χ2n) is 3.77. The normalized spacial score (nSPS) is 26.9. The van der Waals surface area contributed by atoms with Crippen molar-refractivity contribution in [3.63, 3.8) is 0 Å². The first kappa shape index (κ1) is 16.8. The Morgan fingerprint density at radius 1 is 0.950 bits per heavy atom. The first-order chi connectivity index (χ1) is 9.75. The van der Waals surface area contributed by atoms with E-state index >= 15 is 0 Å². The minimum absolute atomic E-state index is 0.282. The monoisotopic (exact) mass is 416 g/mol. The number of aliphatic hydroxyl groups is 1. The maximum Gasteiger partial charge on any atom is 0.0717 e. The van der Waals surface area contributed by atoms with Gasteiger partial charge in [-0.3, -0.25) is 0 Å². The predicted octanol–water partition coefficient (Wildman–Crippen LogP) is 5.89. The fourth-order valence-electron chi connectivity index (χ4n) is 1.57. The van der Waals surface area contributed by atoms with Crippen LogP contribution in [0.4, 0.5) is 0 Å². The first-order valence-corrected chi connectivity index (χ1v) is 13.3. The molecule has 0 spiro atoms. The van der Waals surface area contributed by atoms with Crippen LogP contribution in [0.2, 0.25) is 0 Å². The van der Waals surface area contributed by atoms with Crippen molar-refractivity contribution in [3.8, 4) is 0 Å². The van der Waals surface area contributed by atoms with Crippen LogP contribution in [-0.2, 0) is 0 Å². The Morgan fingerprint density at radius 2 is 1.55 bits per heavy atom. The summed E-state index contributed by atoms with van der Waals surface area (Å²) in [4.78, 5) is 0.